The molecular weight excluding hydrogens is 308 g/mol. The predicted octanol–water partition coefficient (Wildman–Crippen LogP) is 2.98. The summed E-state index contributed by atoms with van der Waals surface area (Å²) in [5, 5.41) is 3.19. The van der Waals surface area contributed by atoms with Gasteiger partial charge in [-0.25, -0.2) is 4.98 Å². The fraction of sp³-hybridized carbons (Fsp3) is 0.176. The largest absolute Gasteiger partial charge is 0.493 e. The molecule has 7 nitrogen and oxygen atoms in total. The van der Waals surface area contributed by atoms with Crippen molar-refractivity contribution in [2.75, 3.05) is 32.4 Å². The highest BCUT2D eigenvalue weighted by Gasteiger charge is 2.13. The van der Waals surface area contributed by atoms with Gasteiger partial charge in [-0.15, -0.1) is 0 Å². The van der Waals surface area contributed by atoms with Gasteiger partial charge >= 0.3 is 0 Å². The highest BCUT2D eigenvalue weighted by atomic mass is 16.5. The molecule has 0 saturated heterocycles. The number of nitrogen functional groups attached to an aromatic ring is 1. The lowest BCUT2D eigenvalue weighted by molar-refractivity contribution is 0.324. The van der Waals surface area contributed by atoms with E-state index in [9.17, 15) is 0 Å². The minimum Gasteiger partial charge on any atom is -0.493 e. The number of nitrogens with two attached hydrogens (primary N) is 1. The lowest BCUT2D eigenvalue weighted by Crippen LogP contribution is -1.99. The van der Waals surface area contributed by atoms with Gasteiger partial charge in [-0.3, -0.25) is 4.98 Å². The van der Waals surface area contributed by atoms with Gasteiger partial charge < -0.3 is 25.3 Å². The van der Waals surface area contributed by atoms with Crippen molar-refractivity contribution in [1.29, 1.82) is 0 Å². The van der Waals surface area contributed by atoms with Gasteiger partial charge in [0.1, 0.15) is 5.82 Å². The molecule has 3 N–H and O–H groups in total. The molecule has 0 fully saturated rings. The Labute approximate surface area is 139 Å². The first-order chi connectivity index (χ1) is 11.6. The minimum absolute atomic E-state index is 0.530. The van der Waals surface area contributed by atoms with Crippen molar-refractivity contribution in [2.45, 2.75) is 0 Å². The molecule has 1 aromatic heterocycles. The first kappa shape index (κ1) is 15.7. The second kappa shape index (κ2) is 6.49. The summed E-state index contributed by atoms with van der Waals surface area (Å²) < 4.78 is 16.0. The molecule has 3 rings (SSSR count). The first-order valence-corrected chi connectivity index (χ1v) is 7.24. The van der Waals surface area contributed by atoms with Gasteiger partial charge in [0, 0.05) is 23.5 Å². The first-order valence-electron chi connectivity index (χ1n) is 7.24. The zero-order valence-corrected chi connectivity index (χ0v) is 13.7. The summed E-state index contributed by atoms with van der Waals surface area (Å²) in [4.78, 5) is 8.89. The maximum absolute atomic E-state index is 5.80. The lowest BCUT2D eigenvalue weighted by Gasteiger charge is -2.15. The number of anilines is 3. The Bertz CT molecular complexity index is 858. The van der Waals surface area contributed by atoms with Gasteiger partial charge in [0.15, 0.2) is 11.5 Å². The molecule has 0 radical (unpaired) electrons. The van der Waals surface area contributed by atoms with Crippen LogP contribution in [0.25, 0.3) is 11.0 Å². The second-order valence-corrected chi connectivity index (χ2v) is 5.04. The van der Waals surface area contributed by atoms with Crippen LogP contribution in [0.3, 0.4) is 0 Å². The summed E-state index contributed by atoms with van der Waals surface area (Å²) in [5.74, 6) is 2.22. The molecule has 0 atom stereocenters. The van der Waals surface area contributed by atoms with E-state index in [2.05, 4.69) is 15.3 Å². The molecule has 7 heteroatoms. The SMILES string of the molecule is COc1cc(Nc2cnc3ccc(N)cc3n2)cc(OC)c1OC. The lowest BCUT2D eigenvalue weighted by atomic mass is 10.2. The number of hydrogen-bond acceptors (Lipinski definition) is 7. The van der Waals surface area contributed by atoms with E-state index < -0.39 is 0 Å². The summed E-state index contributed by atoms with van der Waals surface area (Å²) >= 11 is 0. The molecule has 0 saturated carbocycles. The van der Waals surface area contributed by atoms with Crippen molar-refractivity contribution in [3.8, 4) is 17.2 Å². The number of fused-ring (bicyclic) bond motifs is 1. The highest BCUT2D eigenvalue weighted by molar-refractivity contribution is 5.79. The van der Waals surface area contributed by atoms with Gasteiger partial charge in [0.25, 0.3) is 0 Å². The Morgan fingerprint density at radius 2 is 1.62 bits per heavy atom. The van der Waals surface area contributed by atoms with Crippen LogP contribution in [-0.4, -0.2) is 31.3 Å². The van der Waals surface area contributed by atoms with Gasteiger partial charge in [0.2, 0.25) is 5.75 Å². The van der Waals surface area contributed by atoms with E-state index in [1.54, 1.807) is 51.8 Å². The van der Waals surface area contributed by atoms with Crippen molar-refractivity contribution in [1.82, 2.24) is 9.97 Å². The Morgan fingerprint density at radius 1 is 0.917 bits per heavy atom. The summed E-state index contributed by atoms with van der Waals surface area (Å²) in [6.07, 6.45) is 1.65. The maximum atomic E-state index is 5.80. The third-order valence-electron chi connectivity index (χ3n) is 3.50. The van der Waals surface area contributed by atoms with Gasteiger partial charge in [-0.2, -0.15) is 0 Å². The molecule has 0 aliphatic carbocycles. The van der Waals surface area contributed by atoms with Crippen LogP contribution in [0.2, 0.25) is 0 Å². The fourth-order valence-corrected chi connectivity index (χ4v) is 2.39. The van der Waals surface area contributed by atoms with Crippen LogP contribution in [-0.2, 0) is 0 Å². The Morgan fingerprint density at radius 3 is 2.25 bits per heavy atom. The number of aromatic nitrogens is 2. The fourth-order valence-electron chi connectivity index (χ4n) is 2.39. The number of methoxy groups -OCH3 is 3. The quantitative estimate of drug-likeness (QED) is 0.696. The zero-order chi connectivity index (χ0) is 17.1. The third kappa shape index (κ3) is 2.96. The average Bonchev–Trinajstić information content (AvgIpc) is 2.60. The van der Waals surface area contributed by atoms with Crippen LogP contribution in [0.5, 0.6) is 17.2 Å². The molecule has 3 aromatic rings. The van der Waals surface area contributed by atoms with Crippen molar-refractivity contribution >= 4 is 28.2 Å². The number of benzene rings is 2. The minimum atomic E-state index is 0.530. The van der Waals surface area contributed by atoms with Crippen LogP contribution in [0.4, 0.5) is 17.2 Å². The van der Waals surface area contributed by atoms with Gasteiger partial charge in [-0.05, 0) is 18.2 Å². The van der Waals surface area contributed by atoms with Crippen LogP contribution in [0, 0.1) is 0 Å². The monoisotopic (exact) mass is 326 g/mol. The van der Waals surface area contributed by atoms with Crippen LogP contribution >= 0.6 is 0 Å². The number of nitrogens with zero attached hydrogens (tertiary/aromatic N) is 2. The molecule has 124 valence electrons. The summed E-state index contributed by atoms with van der Waals surface area (Å²) in [5.41, 5.74) is 8.67. The van der Waals surface area contributed by atoms with E-state index in [1.807, 2.05) is 6.07 Å². The van der Waals surface area contributed by atoms with E-state index in [0.717, 1.165) is 11.2 Å². The molecule has 0 aliphatic heterocycles. The molecule has 0 unspecified atom stereocenters. The normalized spacial score (nSPS) is 10.5. The van der Waals surface area contributed by atoms with Crippen molar-refractivity contribution in [3.63, 3.8) is 0 Å². The molecule has 0 amide bonds. The number of rotatable bonds is 5. The van der Waals surface area contributed by atoms with Crippen LogP contribution in [0.15, 0.2) is 36.5 Å². The highest BCUT2D eigenvalue weighted by Crippen LogP contribution is 2.40. The summed E-state index contributed by atoms with van der Waals surface area (Å²) in [6.45, 7) is 0. The second-order valence-electron chi connectivity index (χ2n) is 5.04. The Balaban J connectivity index is 1.98. The van der Waals surface area contributed by atoms with Gasteiger partial charge in [-0.1, -0.05) is 0 Å². The molecule has 2 aromatic carbocycles. The number of hydrogen-bond donors (Lipinski definition) is 2. The Hall–Kier alpha value is -3.22. The Kier molecular flexibility index (Phi) is 4.24. The summed E-state index contributed by atoms with van der Waals surface area (Å²) in [7, 11) is 4.70. The maximum Gasteiger partial charge on any atom is 0.203 e. The zero-order valence-electron chi connectivity index (χ0n) is 13.7. The van der Waals surface area contributed by atoms with Crippen molar-refractivity contribution < 1.29 is 14.2 Å². The third-order valence-corrected chi connectivity index (χ3v) is 3.50. The van der Waals surface area contributed by atoms with Crippen molar-refractivity contribution in [3.05, 3.63) is 36.5 Å². The van der Waals surface area contributed by atoms with E-state index in [0.29, 0.717) is 34.3 Å². The van der Waals surface area contributed by atoms with Gasteiger partial charge in [0.05, 0.1) is 38.6 Å². The predicted molar refractivity (Wildman–Crippen MR) is 93.3 cm³/mol. The number of ether oxygens (including phenoxy) is 3. The average molecular weight is 326 g/mol. The topological polar surface area (TPSA) is 91.5 Å². The van der Waals surface area contributed by atoms with Crippen LogP contribution < -0.4 is 25.3 Å². The molecule has 1 heterocycles. The molecule has 0 aliphatic rings. The molecule has 0 bridgehead atoms. The van der Waals surface area contributed by atoms with E-state index in [-0.39, 0.29) is 0 Å². The molecular formula is C17H18N4O3. The van der Waals surface area contributed by atoms with E-state index in [1.165, 1.54) is 0 Å². The van der Waals surface area contributed by atoms with E-state index in [4.69, 9.17) is 19.9 Å². The molecule has 0 spiro atoms. The van der Waals surface area contributed by atoms with Crippen LogP contribution in [0.1, 0.15) is 0 Å². The molecule has 24 heavy (non-hydrogen) atoms. The standard InChI is InChI=1S/C17H18N4O3/c1-22-14-7-11(8-15(23-2)17(14)24-3)20-16-9-19-12-5-4-10(18)6-13(12)21-16/h4-9H,18H2,1-3H3,(H,20,21). The van der Waals surface area contributed by atoms with E-state index >= 15 is 0 Å². The summed E-state index contributed by atoms with van der Waals surface area (Å²) in [6, 6.07) is 9.01. The van der Waals surface area contributed by atoms with Crippen molar-refractivity contribution in [2.24, 2.45) is 0 Å². The smallest absolute Gasteiger partial charge is 0.203 e. The number of nitrogens with one attached hydrogen (secondary N) is 1.